The lowest BCUT2D eigenvalue weighted by atomic mass is 10.1. The molecule has 1 aliphatic heterocycles. The van der Waals surface area contributed by atoms with E-state index in [0.717, 1.165) is 31.5 Å². The first-order chi connectivity index (χ1) is 10.7. The minimum Gasteiger partial charge on any atom is -0.356 e. The smallest absolute Gasteiger partial charge is 0.223 e. The molecule has 1 aromatic carbocycles. The fraction of sp³-hybridized carbons (Fsp3) is 0.611. The van der Waals surface area contributed by atoms with Crippen LogP contribution in [0.2, 0.25) is 0 Å². The van der Waals surface area contributed by atoms with Crippen LogP contribution in [-0.2, 0) is 4.79 Å². The van der Waals surface area contributed by atoms with Gasteiger partial charge in [-0.05, 0) is 68.9 Å². The Morgan fingerprint density at radius 3 is 2.64 bits per heavy atom. The third-order valence-electron chi connectivity index (χ3n) is 4.82. The van der Waals surface area contributed by atoms with Gasteiger partial charge in [-0.2, -0.15) is 0 Å². The Morgan fingerprint density at radius 2 is 1.91 bits per heavy atom. The van der Waals surface area contributed by atoms with Crippen molar-refractivity contribution in [2.75, 3.05) is 26.2 Å². The molecule has 1 aromatic rings. The van der Waals surface area contributed by atoms with Crippen LogP contribution in [0.1, 0.15) is 43.6 Å². The van der Waals surface area contributed by atoms with Crippen molar-refractivity contribution in [1.29, 1.82) is 0 Å². The molecule has 3 nitrogen and oxygen atoms in total. The van der Waals surface area contributed by atoms with Gasteiger partial charge >= 0.3 is 0 Å². The van der Waals surface area contributed by atoms with Crippen LogP contribution in [0.4, 0.5) is 4.39 Å². The predicted molar refractivity (Wildman–Crippen MR) is 85.2 cm³/mol. The second kappa shape index (κ2) is 7.23. The molecule has 2 fully saturated rings. The zero-order chi connectivity index (χ0) is 15.4. The van der Waals surface area contributed by atoms with E-state index in [1.807, 2.05) is 0 Å². The third kappa shape index (κ3) is 4.07. The van der Waals surface area contributed by atoms with Crippen molar-refractivity contribution in [2.24, 2.45) is 5.92 Å². The van der Waals surface area contributed by atoms with Crippen LogP contribution >= 0.6 is 0 Å². The molecule has 2 aliphatic rings. The molecule has 22 heavy (non-hydrogen) atoms. The molecule has 0 radical (unpaired) electrons. The number of piperidine rings is 1. The van der Waals surface area contributed by atoms with E-state index in [2.05, 4.69) is 10.2 Å². The van der Waals surface area contributed by atoms with E-state index in [-0.39, 0.29) is 23.6 Å². The van der Waals surface area contributed by atoms with E-state index >= 15 is 0 Å². The van der Waals surface area contributed by atoms with Gasteiger partial charge in [-0.3, -0.25) is 4.79 Å². The van der Waals surface area contributed by atoms with E-state index in [0.29, 0.717) is 0 Å². The van der Waals surface area contributed by atoms with Crippen molar-refractivity contribution in [3.05, 3.63) is 35.6 Å². The Morgan fingerprint density at radius 1 is 1.18 bits per heavy atom. The van der Waals surface area contributed by atoms with Gasteiger partial charge in [0.1, 0.15) is 5.82 Å². The lowest BCUT2D eigenvalue weighted by Crippen LogP contribution is -2.33. The van der Waals surface area contributed by atoms with Crippen LogP contribution in [0, 0.1) is 11.7 Å². The molecule has 120 valence electrons. The zero-order valence-corrected chi connectivity index (χ0v) is 13.1. The highest BCUT2D eigenvalue weighted by Crippen LogP contribution is 2.47. The number of halogens is 1. The van der Waals surface area contributed by atoms with Crippen molar-refractivity contribution in [1.82, 2.24) is 10.2 Å². The second-order valence-electron chi connectivity index (χ2n) is 6.55. The normalized spacial score (nSPS) is 25.0. The summed E-state index contributed by atoms with van der Waals surface area (Å²) in [6, 6.07) is 6.54. The van der Waals surface area contributed by atoms with Crippen molar-refractivity contribution >= 4 is 5.91 Å². The SMILES string of the molecule is O=C(NCCCN1CCCCC1)C1CC1c1ccc(F)cc1. The number of hydrogen-bond acceptors (Lipinski definition) is 2. The summed E-state index contributed by atoms with van der Waals surface area (Å²) < 4.78 is 12.9. The highest BCUT2D eigenvalue weighted by Gasteiger charge is 2.43. The summed E-state index contributed by atoms with van der Waals surface area (Å²) in [6.45, 7) is 4.28. The Kier molecular flexibility index (Phi) is 5.08. The van der Waals surface area contributed by atoms with E-state index < -0.39 is 0 Å². The largest absolute Gasteiger partial charge is 0.356 e. The minimum atomic E-state index is -0.219. The summed E-state index contributed by atoms with van der Waals surface area (Å²) >= 11 is 0. The molecule has 2 unspecified atom stereocenters. The molecule has 1 amide bonds. The number of amides is 1. The number of benzene rings is 1. The van der Waals surface area contributed by atoms with Crippen molar-refractivity contribution in [3.63, 3.8) is 0 Å². The van der Waals surface area contributed by atoms with E-state index in [4.69, 9.17) is 0 Å². The summed E-state index contributed by atoms with van der Waals surface area (Å²) in [7, 11) is 0. The number of nitrogens with one attached hydrogen (secondary N) is 1. The highest BCUT2D eigenvalue weighted by molar-refractivity contribution is 5.82. The lowest BCUT2D eigenvalue weighted by molar-refractivity contribution is -0.122. The van der Waals surface area contributed by atoms with Gasteiger partial charge in [0.25, 0.3) is 0 Å². The van der Waals surface area contributed by atoms with Gasteiger partial charge in [-0.1, -0.05) is 18.6 Å². The van der Waals surface area contributed by atoms with Crippen LogP contribution in [0.15, 0.2) is 24.3 Å². The molecular weight excluding hydrogens is 279 g/mol. The molecule has 1 aliphatic carbocycles. The van der Waals surface area contributed by atoms with Gasteiger partial charge in [0, 0.05) is 12.5 Å². The van der Waals surface area contributed by atoms with E-state index in [1.54, 1.807) is 12.1 Å². The fourth-order valence-electron chi connectivity index (χ4n) is 3.39. The first kappa shape index (κ1) is 15.5. The fourth-order valence-corrected chi connectivity index (χ4v) is 3.39. The first-order valence-corrected chi connectivity index (χ1v) is 8.49. The summed E-state index contributed by atoms with van der Waals surface area (Å²) in [6.07, 6.45) is 5.91. The monoisotopic (exact) mass is 304 g/mol. The van der Waals surface area contributed by atoms with Crippen LogP contribution in [-0.4, -0.2) is 37.0 Å². The molecule has 4 heteroatoms. The molecule has 2 atom stereocenters. The van der Waals surface area contributed by atoms with Gasteiger partial charge < -0.3 is 10.2 Å². The lowest BCUT2D eigenvalue weighted by Gasteiger charge is -2.26. The topological polar surface area (TPSA) is 32.3 Å². The summed E-state index contributed by atoms with van der Waals surface area (Å²) in [4.78, 5) is 14.6. The summed E-state index contributed by atoms with van der Waals surface area (Å²) in [5, 5.41) is 3.06. The highest BCUT2D eigenvalue weighted by atomic mass is 19.1. The first-order valence-electron chi connectivity index (χ1n) is 8.49. The van der Waals surface area contributed by atoms with E-state index in [1.165, 1.54) is 44.5 Å². The van der Waals surface area contributed by atoms with Crippen LogP contribution < -0.4 is 5.32 Å². The molecule has 0 spiro atoms. The Hall–Kier alpha value is -1.42. The average molecular weight is 304 g/mol. The van der Waals surface area contributed by atoms with Gasteiger partial charge in [0.2, 0.25) is 5.91 Å². The van der Waals surface area contributed by atoms with Crippen LogP contribution in [0.3, 0.4) is 0 Å². The van der Waals surface area contributed by atoms with E-state index in [9.17, 15) is 9.18 Å². The molecule has 3 rings (SSSR count). The van der Waals surface area contributed by atoms with Crippen molar-refractivity contribution < 1.29 is 9.18 Å². The summed E-state index contributed by atoms with van der Waals surface area (Å²) in [5.41, 5.74) is 1.08. The maximum Gasteiger partial charge on any atom is 0.223 e. The number of carbonyl (C=O) groups excluding carboxylic acids is 1. The molecule has 0 bridgehead atoms. The molecule has 1 heterocycles. The number of carbonyl (C=O) groups is 1. The van der Waals surface area contributed by atoms with Crippen LogP contribution in [0.25, 0.3) is 0 Å². The van der Waals surface area contributed by atoms with Crippen molar-refractivity contribution in [3.8, 4) is 0 Å². The predicted octanol–water partition coefficient (Wildman–Crippen LogP) is 2.92. The standard InChI is InChI=1S/C18H25FN2O/c19-15-7-5-14(6-8-15)16-13-17(16)18(22)20-9-4-12-21-10-2-1-3-11-21/h5-8,16-17H,1-4,9-13H2,(H,20,22). The minimum absolute atomic E-state index is 0.0837. The zero-order valence-electron chi connectivity index (χ0n) is 13.1. The maximum atomic E-state index is 12.9. The number of nitrogens with zero attached hydrogens (tertiary/aromatic N) is 1. The molecular formula is C18H25FN2O. The Labute approximate surface area is 131 Å². The van der Waals surface area contributed by atoms with Crippen molar-refractivity contribution in [2.45, 2.75) is 38.0 Å². The quantitative estimate of drug-likeness (QED) is 0.820. The van der Waals surface area contributed by atoms with Gasteiger partial charge in [-0.15, -0.1) is 0 Å². The van der Waals surface area contributed by atoms with Gasteiger partial charge in [-0.25, -0.2) is 4.39 Å². The second-order valence-corrected chi connectivity index (χ2v) is 6.55. The number of likely N-dealkylation sites (tertiary alicyclic amines) is 1. The van der Waals surface area contributed by atoms with Gasteiger partial charge in [0.05, 0.1) is 0 Å². The Balaban J connectivity index is 1.34. The van der Waals surface area contributed by atoms with Crippen LogP contribution in [0.5, 0.6) is 0 Å². The summed E-state index contributed by atoms with van der Waals surface area (Å²) in [5.74, 6) is 0.305. The molecule has 1 N–H and O–H groups in total. The van der Waals surface area contributed by atoms with Gasteiger partial charge in [0.15, 0.2) is 0 Å². The molecule has 1 saturated carbocycles. The maximum absolute atomic E-state index is 12.9. The average Bonchev–Trinajstić information content (AvgIpc) is 3.34. The Bertz CT molecular complexity index is 496. The number of hydrogen-bond donors (Lipinski definition) is 1. The number of rotatable bonds is 6. The molecule has 0 aromatic heterocycles. The molecule has 1 saturated heterocycles. The third-order valence-corrected chi connectivity index (χ3v) is 4.82.